The Hall–Kier alpha value is -0.860. The van der Waals surface area contributed by atoms with Crippen LogP contribution in [0.5, 0.6) is 0 Å². The zero-order valence-corrected chi connectivity index (χ0v) is 12.1. The van der Waals surface area contributed by atoms with Crippen LogP contribution < -0.4 is 0 Å². The predicted octanol–water partition coefficient (Wildman–Crippen LogP) is 4.19. The Kier molecular flexibility index (Phi) is 6.37. The van der Waals surface area contributed by atoms with Gasteiger partial charge in [0.15, 0.2) is 0 Å². The molecule has 0 saturated carbocycles. The zero-order valence-electron chi connectivity index (χ0n) is 12.1. The number of hydrogen-bond donors (Lipinski definition) is 0. The Labute approximate surface area is 111 Å². The Balaban J connectivity index is 2.27. The van der Waals surface area contributed by atoms with Crippen LogP contribution in [0, 0.1) is 0 Å². The number of ether oxygens (including phenoxy) is 2. The van der Waals surface area contributed by atoms with E-state index < -0.39 is 0 Å². The summed E-state index contributed by atoms with van der Waals surface area (Å²) in [5.74, 6) is 0. The van der Waals surface area contributed by atoms with E-state index in [-0.39, 0.29) is 5.60 Å². The van der Waals surface area contributed by atoms with Crippen LogP contribution in [0.2, 0.25) is 0 Å². The standard InChI is InChI=1S/C16H26O2/c1-5-14(2)17-12-11-16(3,4)18-13-15-9-7-6-8-10-15/h6-10,14H,5,11-13H2,1-4H3. The first kappa shape index (κ1) is 15.2. The second kappa shape index (κ2) is 7.55. The van der Waals surface area contributed by atoms with Gasteiger partial charge in [0, 0.05) is 6.61 Å². The van der Waals surface area contributed by atoms with Crippen LogP contribution >= 0.6 is 0 Å². The molecule has 18 heavy (non-hydrogen) atoms. The summed E-state index contributed by atoms with van der Waals surface area (Å²) in [5.41, 5.74) is 1.08. The van der Waals surface area contributed by atoms with Gasteiger partial charge in [-0.15, -0.1) is 0 Å². The highest BCUT2D eigenvalue weighted by Crippen LogP contribution is 2.17. The minimum absolute atomic E-state index is 0.136. The summed E-state index contributed by atoms with van der Waals surface area (Å²) < 4.78 is 11.7. The minimum atomic E-state index is -0.136. The molecule has 0 aliphatic rings. The van der Waals surface area contributed by atoms with E-state index in [0.717, 1.165) is 19.4 Å². The molecular formula is C16H26O2. The molecule has 0 heterocycles. The molecule has 1 aromatic carbocycles. The fraction of sp³-hybridized carbons (Fsp3) is 0.625. The minimum Gasteiger partial charge on any atom is -0.378 e. The average molecular weight is 250 g/mol. The molecule has 0 bridgehead atoms. The van der Waals surface area contributed by atoms with Gasteiger partial charge < -0.3 is 9.47 Å². The number of hydrogen-bond acceptors (Lipinski definition) is 2. The molecule has 0 aliphatic carbocycles. The van der Waals surface area contributed by atoms with Gasteiger partial charge in [-0.25, -0.2) is 0 Å². The number of benzene rings is 1. The van der Waals surface area contributed by atoms with E-state index in [0.29, 0.717) is 12.7 Å². The molecule has 0 radical (unpaired) electrons. The maximum atomic E-state index is 5.95. The van der Waals surface area contributed by atoms with Crippen molar-refractivity contribution in [3.8, 4) is 0 Å². The molecule has 0 aliphatic heterocycles. The van der Waals surface area contributed by atoms with Crippen LogP contribution in [0.3, 0.4) is 0 Å². The molecule has 1 unspecified atom stereocenters. The van der Waals surface area contributed by atoms with E-state index >= 15 is 0 Å². The fourth-order valence-corrected chi connectivity index (χ4v) is 1.55. The molecule has 0 spiro atoms. The summed E-state index contributed by atoms with van der Waals surface area (Å²) in [6.07, 6.45) is 2.32. The van der Waals surface area contributed by atoms with E-state index in [1.807, 2.05) is 18.2 Å². The van der Waals surface area contributed by atoms with E-state index in [9.17, 15) is 0 Å². The summed E-state index contributed by atoms with van der Waals surface area (Å²) in [5, 5.41) is 0. The molecule has 0 aromatic heterocycles. The van der Waals surface area contributed by atoms with Crippen molar-refractivity contribution in [2.75, 3.05) is 6.61 Å². The SMILES string of the molecule is CCC(C)OCCC(C)(C)OCc1ccccc1. The molecule has 102 valence electrons. The van der Waals surface area contributed by atoms with E-state index in [2.05, 4.69) is 39.8 Å². The Morgan fingerprint density at radius 3 is 2.44 bits per heavy atom. The topological polar surface area (TPSA) is 18.5 Å². The molecule has 2 heteroatoms. The summed E-state index contributed by atoms with van der Waals surface area (Å²) in [4.78, 5) is 0. The van der Waals surface area contributed by atoms with Crippen molar-refractivity contribution in [1.29, 1.82) is 0 Å². The van der Waals surface area contributed by atoms with Crippen molar-refractivity contribution in [2.24, 2.45) is 0 Å². The third-order valence-corrected chi connectivity index (χ3v) is 3.15. The zero-order chi connectivity index (χ0) is 13.4. The maximum absolute atomic E-state index is 5.95. The van der Waals surface area contributed by atoms with Crippen LogP contribution in [0.4, 0.5) is 0 Å². The first-order chi connectivity index (χ1) is 8.53. The van der Waals surface area contributed by atoms with Gasteiger partial charge in [0.05, 0.1) is 18.3 Å². The van der Waals surface area contributed by atoms with Crippen molar-refractivity contribution in [1.82, 2.24) is 0 Å². The van der Waals surface area contributed by atoms with Gasteiger partial charge in [0.2, 0.25) is 0 Å². The highest BCUT2D eigenvalue weighted by Gasteiger charge is 2.18. The molecule has 0 saturated heterocycles. The molecular weight excluding hydrogens is 224 g/mol. The largest absolute Gasteiger partial charge is 0.378 e. The lowest BCUT2D eigenvalue weighted by Gasteiger charge is -2.26. The highest BCUT2D eigenvalue weighted by atomic mass is 16.5. The second-order valence-corrected chi connectivity index (χ2v) is 5.37. The molecule has 0 N–H and O–H groups in total. The molecule has 1 aromatic rings. The first-order valence-electron chi connectivity index (χ1n) is 6.83. The quantitative estimate of drug-likeness (QED) is 0.689. The lowest BCUT2D eigenvalue weighted by Crippen LogP contribution is -2.27. The Morgan fingerprint density at radius 1 is 1.17 bits per heavy atom. The maximum Gasteiger partial charge on any atom is 0.0724 e. The Bertz CT molecular complexity index is 319. The summed E-state index contributed by atoms with van der Waals surface area (Å²) in [6, 6.07) is 10.3. The molecule has 1 atom stereocenters. The lowest BCUT2D eigenvalue weighted by atomic mass is 10.1. The van der Waals surface area contributed by atoms with Gasteiger partial charge >= 0.3 is 0 Å². The summed E-state index contributed by atoms with van der Waals surface area (Å²) in [6.45, 7) is 9.92. The van der Waals surface area contributed by atoms with Gasteiger partial charge in [-0.05, 0) is 39.2 Å². The van der Waals surface area contributed by atoms with Crippen LogP contribution in [0.25, 0.3) is 0 Å². The van der Waals surface area contributed by atoms with Crippen LogP contribution in [-0.4, -0.2) is 18.3 Å². The predicted molar refractivity (Wildman–Crippen MR) is 75.6 cm³/mol. The van der Waals surface area contributed by atoms with Crippen molar-refractivity contribution < 1.29 is 9.47 Å². The van der Waals surface area contributed by atoms with E-state index in [1.165, 1.54) is 5.56 Å². The molecule has 2 nitrogen and oxygen atoms in total. The van der Waals surface area contributed by atoms with Crippen molar-refractivity contribution in [2.45, 2.75) is 58.8 Å². The van der Waals surface area contributed by atoms with Crippen molar-refractivity contribution in [3.05, 3.63) is 35.9 Å². The van der Waals surface area contributed by atoms with Gasteiger partial charge in [0.25, 0.3) is 0 Å². The normalized spacial score (nSPS) is 13.6. The Morgan fingerprint density at radius 2 is 1.83 bits per heavy atom. The molecule has 1 rings (SSSR count). The van der Waals surface area contributed by atoms with Gasteiger partial charge in [-0.3, -0.25) is 0 Å². The molecule has 0 amide bonds. The van der Waals surface area contributed by atoms with Crippen molar-refractivity contribution in [3.63, 3.8) is 0 Å². The van der Waals surface area contributed by atoms with Crippen LogP contribution in [-0.2, 0) is 16.1 Å². The molecule has 0 fully saturated rings. The lowest BCUT2D eigenvalue weighted by molar-refractivity contribution is -0.0582. The van der Waals surface area contributed by atoms with E-state index in [4.69, 9.17) is 9.47 Å². The second-order valence-electron chi connectivity index (χ2n) is 5.37. The van der Waals surface area contributed by atoms with Crippen LogP contribution in [0.1, 0.15) is 46.1 Å². The van der Waals surface area contributed by atoms with Gasteiger partial charge in [0.1, 0.15) is 0 Å². The van der Waals surface area contributed by atoms with Crippen LogP contribution in [0.15, 0.2) is 30.3 Å². The highest BCUT2D eigenvalue weighted by molar-refractivity contribution is 5.13. The van der Waals surface area contributed by atoms with E-state index in [1.54, 1.807) is 0 Å². The smallest absolute Gasteiger partial charge is 0.0724 e. The summed E-state index contributed by atoms with van der Waals surface area (Å²) >= 11 is 0. The van der Waals surface area contributed by atoms with Crippen molar-refractivity contribution >= 4 is 0 Å². The summed E-state index contributed by atoms with van der Waals surface area (Å²) in [7, 11) is 0. The third kappa shape index (κ3) is 6.18. The first-order valence-corrected chi connectivity index (χ1v) is 6.83. The van der Waals surface area contributed by atoms with Gasteiger partial charge in [-0.2, -0.15) is 0 Å². The van der Waals surface area contributed by atoms with Gasteiger partial charge in [-0.1, -0.05) is 37.3 Å². The third-order valence-electron chi connectivity index (χ3n) is 3.15. The number of rotatable bonds is 8. The average Bonchev–Trinajstić information content (AvgIpc) is 2.37. The monoisotopic (exact) mass is 250 g/mol. The fourth-order valence-electron chi connectivity index (χ4n) is 1.55.